The Morgan fingerprint density at radius 2 is 2.24 bits per heavy atom. The second kappa shape index (κ2) is 5.72. The molecule has 7 heteroatoms. The maximum Gasteiger partial charge on any atom is 0.310 e. The summed E-state index contributed by atoms with van der Waals surface area (Å²) >= 11 is 3.02. The first-order valence-electron chi connectivity index (χ1n) is 4.73. The van der Waals surface area contributed by atoms with E-state index >= 15 is 0 Å². The van der Waals surface area contributed by atoms with Gasteiger partial charge in [0.1, 0.15) is 0 Å². The van der Waals surface area contributed by atoms with Gasteiger partial charge in [0.2, 0.25) is 5.82 Å². The first-order valence-corrected chi connectivity index (χ1v) is 5.53. The van der Waals surface area contributed by atoms with Gasteiger partial charge < -0.3 is 4.74 Å². The van der Waals surface area contributed by atoms with Gasteiger partial charge in [-0.2, -0.15) is 4.39 Å². The van der Waals surface area contributed by atoms with Gasteiger partial charge in [-0.25, -0.2) is 0 Å². The van der Waals surface area contributed by atoms with Crippen LogP contribution < -0.4 is 0 Å². The number of rotatable bonds is 4. The Labute approximate surface area is 105 Å². The summed E-state index contributed by atoms with van der Waals surface area (Å²) in [6, 6.07) is 2.36. The first-order chi connectivity index (χ1) is 7.95. The molecule has 0 amide bonds. The zero-order valence-corrected chi connectivity index (χ0v) is 10.5. The molecule has 0 spiro atoms. The SMILES string of the molecule is CCOC(=O)Cc1cc(Br)cc([N+](=O)[O-])c1F. The lowest BCUT2D eigenvalue weighted by atomic mass is 10.1. The van der Waals surface area contributed by atoms with Crippen molar-refractivity contribution in [3.8, 4) is 0 Å². The molecule has 17 heavy (non-hydrogen) atoms. The van der Waals surface area contributed by atoms with Crippen LogP contribution in [0.1, 0.15) is 12.5 Å². The summed E-state index contributed by atoms with van der Waals surface area (Å²) < 4.78 is 18.6. The number of hydrogen-bond donors (Lipinski definition) is 0. The molecule has 1 aromatic rings. The predicted molar refractivity (Wildman–Crippen MR) is 61.1 cm³/mol. The van der Waals surface area contributed by atoms with E-state index in [2.05, 4.69) is 20.7 Å². The van der Waals surface area contributed by atoms with Crippen LogP contribution in [-0.2, 0) is 16.0 Å². The van der Waals surface area contributed by atoms with Crippen LogP contribution in [0.3, 0.4) is 0 Å². The smallest absolute Gasteiger partial charge is 0.310 e. The van der Waals surface area contributed by atoms with E-state index in [0.717, 1.165) is 6.07 Å². The molecule has 0 aliphatic carbocycles. The molecule has 5 nitrogen and oxygen atoms in total. The molecular weight excluding hydrogens is 297 g/mol. The Morgan fingerprint density at radius 1 is 1.59 bits per heavy atom. The molecule has 0 aliphatic heterocycles. The molecular formula is C10H9BrFNO4. The maximum absolute atomic E-state index is 13.6. The van der Waals surface area contributed by atoms with Crippen molar-refractivity contribution in [2.75, 3.05) is 6.61 Å². The molecule has 0 unspecified atom stereocenters. The van der Waals surface area contributed by atoms with Gasteiger partial charge in [-0.3, -0.25) is 14.9 Å². The lowest BCUT2D eigenvalue weighted by Crippen LogP contribution is -2.09. The molecule has 1 aromatic carbocycles. The summed E-state index contributed by atoms with van der Waals surface area (Å²) in [6.07, 6.45) is -0.333. The van der Waals surface area contributed by atoms with Crippen molar-refractivity contribution in [3.05, 3.63) is 38.1 Å². The Hall–Kier alpha value is -1.50. The second-order valence-electron chi connectivity index (χ2n) is 3.14. The average molecular weight is 306 g/mol. The number of esters is 1. The van der Waals surface area contributed by atoms with Gasteiger partial charge >= 0.3 is 11.7 Å². The van der Waals surface area contributed by atoms with Gasteiger partial charge in [-0.1, -0.05) is 15.9 Å². The quantitative estimate of drug-likeness (QED) is 0.487. The van der Waals surface area contributed by atoms with Gasteiger partial charge in [0.25, 0.3) is 0 Å². The Morgan fingerprint density at radius 3 is 2.76 bits per heavy atom. The maximum atomic E-state index is 13.6. The fourth-order valence-corrected chi connectivity index (χ4v) is 1.75. The van der Waals surface area contributed by atoms with Gasteiger partial charge in [0.05, 0.1) is 18.0 Å². The number of benzene rings is 1. The number of nitrogens with zero attached hydrogens (tertiary/aromatic N) is 1. The van der Waals surface area contributed by atoms with Crippen molar-refractivity contribution < 1.29 is 18.8 Å². The van der Waals surface area contributed by atoms with Crippen LogP contribution in [-0.4, -0.2) is 17.5 Å². The van der Waals surface area contributed by atoms with E-state index in [1.54, 1.807) is 6.92 Å². The Balaban J connectivity index is 3.07. The largest absolute Gasteiger partial charge is 0.466 e. The highest BCUT2D eigenvalue weighted by Gasteiger charge is 2.21. The Kier molecular flexibility index (Phi) is 4.56. The molecule has 0 radical (unpaired) electrons. The van der Waals surface area contributed by atoms with E-state index in [1.165, 1.54) is 6.07 Å². The summed E-state index contributed by atoms with van der Waals surface area (Å²) in [5.74, 6) is -1.63. The molecule has 0 heterocycles. The highest BCUT2D eigenvalue weighted by molar-refractivity contribution is 9.10. The lowest BCUT2D eigenvalue weighted by Gasteiger charge is -2.04. The minimum Gasteiger partial charge on any atom is -0.466 e. The summed E-state index contributed by atoms with van der Waals surface area (Å²) in [5, 5.41) is 10.6. The summed E-state index contributed by atoms with van der Waals surface area (Å²) in [6.45, 7) is 1.80. The highest BCUT2D eigenvalue weighted by Crippen LogP contribution is 2.26. The number of nitro groups is 1. The molecule has 0 aliphatic rings. The normalized spacial score (nSPS) is 10.1. The van der Waals surface area contributed by atoms with Crippen LogP contribution in [0.5, 0.6) is 0 Å². The monoisotopic (exact) mass is 305 g/mol. The predicted octanol–water partition coefficient (Wildman–Crippen LogP) is 2.60. The van der Waals surface area contributed by atoms with Crippen molar-refractivity contribution in [2.24, 2.45) is 0 Å². The van der Waals surface area contributed by atoms with Crippen molar-refractivity contribution in [1.29, 1.82) is 0 Å². The Bertz CT molecular complexity index is 464. The zero-order valence-electron chi connectivity index (χ0n) is 8.91. The van der Waals surface area contributed by atoms with Crippen molar-refractivity contribution in [2.45, 2.75) is 13.3 Å². The number of ether oxygens (including phenoxy) is 1. The van der Waals surface area contributed by atoms with E-state index < -0.39 is 22.4 Å². The van der Waals surface area contributed by atoms with E-state index in [0.29, 0.717) is 4.47 Å². The molecule has 0 N–H and O–H groups in total. The third kappa shape index (κ3) is 3.48. The topological polar surface area (TPSA) is 69.4 Å². The molecule has 0 aromatic heterocycles. The van der Waals surface area contributed by atoms with Gasteiger partial charge in [-0.15, -0.1) is 0 Å². The van der Waals surface area contributed by atoms with E-state index in [-0.39, 0.29) is 18.6 Å². The van der Waals surface area contributed by atoms with Gasteiger partial charge in [0, 0.05) is 16.1 Å². The van der Waals surface area contributed by atoms with Gasteiger partial charge in [-0.05, 0) is 13.0 Å². The van der Waals surface area contributed by atoms with Crippen LogP contribution in [0.4, 0.5) is 10.1 Å². The molecule has 0 saturated heterocycles. The third-order valence-electron chi connectivity index (χ3n) is 1.93. The zero-order chi connectivity index (χ0) is 13.0. The molecule has 1 rings (SSSR count). The minimum absolute atomic E-state index is 0.0653. The summed E-state index contributed by atoms with van der Waals surface area (Å²) in [4.78, 5) is 20.9. The van der Waals surface area contributed by atoms with Gasteiger partial charge in [0.15, 0.2) is 0 Å². The van der Waals surface area contributed by atoms with E-state index in [9.17, 15) is 19.3 Å². The van der Waals surface area contributed by atoms with Crippen molar-refractivity contribution in [3.63, 3.8) is 0 Å². The highest BCUT2D eigenvalue weighted by atomic mass is 79.9. The molecule has 0 atom stereocenters. The molecule has 0 saturated carbocycles. The number of halogens is 2. The molecule has 0 bridgehead atoms. The van der Waals surface area contributed by atoms with E-state index in [1.807, 2.05) is 0 Å². The minimum atomic E-state index is -1.01. The molecule has 92 valence electrons. The van der Waals surface area contributed by atoms with Crippen LogP contribution >= 0.6 is 15.9 Å². The first kappa shape index (κ1) is 13.6. The van der Waals surface area contributed by atoms with Crippen LogP contribution in [0.25, 0.3) is 0 Å². The number of nitro benzene ring substituents is 1. The van der Waals surface area contributed by atoms with Crippen LogP contribution in [0.15, 0.2) is 16.6 Å². The summed E-state index contributed by atoms with van der Waals surface area (Å²) in [5.41, 5.74) is -0.733. The number of carbonyl (C=O) groups is 1. The lowest BCUT2D eigenvalue weighted by molar-refractivity contribution is -0.387. The van der Waals surface area contributed by atoms with Crippen molar-refractivity contribution in [1.82, 2.24) is 0 Å². The van der Waals surface area contributed by atoms with E-state index in [4.69, 9.17) is 0 Å². The van der Waals surface area contributed by atoms with Crippen molar-refractivity contribution >= 4 is 27.6 Å². The third-order valence-corrected chi connectivity index (χ3v) is 2.39. The number of carbonyl (C=O) groups excluding carboxylic acids is 1. The average Bonchev–Trinajstić information content (AvgIpc) is 2.22. The number of hydrogen-bond acceptors (Lipinski definition) is 4. The van der Waals surface area contributed by atoms with Crippen LogP contribution in [0.2, 0.25) is 0 Å². The fourth-order valence-electron chi connectivity index (χ4n) is 1.26. The molecule has 0 fully saturated rings. The second-order valence-corrected chi connectivity index (χ2v) is 4.05. The summed E-state index contributed by atoms with van der Waals surface area (Å²) in [7, 11) is 0. The standard InChI is InChI=1S/C10H9BrFNO4/c1-2-17-9(14)4-6-3-7(11)5-8(10(6)12)13(15)16/h3,5H,2,4H2,1H3. The van der Waals surface area contributed by atoms with Crippen LogP contribution in [0, 0.1) is 15.9 Å². The fraction of sp³-hybridized carbons (Fsp3) is 0.300.